The molecule has 30 heavy (non-hydrogen) atoms. The van der Waals surface area contributed by atoms with Crippen molar-refractivity contribution in [3.05, 3.63) is 64.4 Å². The van der Waals surface area contributed by atoms with Crippen LogP contribution in [-0.4, -0.2) is 30.7 Å². The van der Waals surface area contributed by atoms with Gasteiger partial charge in [-0.2, -0.15) is 13.2 Å². The van der Waals surface area contributed by atoms with E-state index in [4.69, 9.17) is 4.42 Å². The molecule has 4 rings (SSSR count). The standard InChI is InChI=1S/C19H15F3N4O3S/c1-2-18(28,19(20,21)22)16-10-26(25-24-16)9-11-3-4-12-13(15-5-6-23-30-15)8-17(27)29-14(12)7-11/h3-8,10,28H,2,9H2,1H3. The third-order valence-corrected chi connectivity index (χ3v) is 5.58. The largest absolute Gasteiger partial charge is 0.423 e. The molecule has 0 aliphatic carbocycles. The first-order valence-corrected chi connectivity index (χ1v) is 9.66. The molecule has 0 aliphatic rings. The van der Waals surface area contributed by atoms with E-state index in [1.807, 2.05) is 0 Å². The van der Waals surface area contributed by atoms with Gasteiger partial charge in [-0.15, -0.1) is 5.10 Å². The second kappa shape index (κ2) is 7.33. The summed E-state index contributed by atoms with van der Waals surface area (Å²) in [4.78, 5) is 12.8. The minimum Gasteiger partial charge on any atom is -0.423 e. The summed E-state index contributed by atoms with van der Waals surface area (Å²) in [5.74, 6) is 0. The first-order valence-electron chi connectivity index (χ1n) is 8.89. The Balaban J connectivity index is 1.68. The van der Waals surface area contributed by atoms with Gasteiger partial charge in [0.25, 0.3) is 0 Å². The molecule has 3 aromatic heterocycles. The van der Waals surface area contributed by atoms with Crippen LogP contribution in [0.1, 0.15) is 24.6 Å². The molecule has 1 atom stereocenters. The van der Waals surface area contributed by atoms with Crippen molar-refractivity contribution in [3.8, 4) is 10.4 Å². The first-order chi connectivity index (χ1) is 14.2. The third kappa shape index (κ3) is 3.50. The van der Waals surface area contributed by atoms with Crippen LogP contribution in [0, 0.1) is 0 Å². The molecular formula is C19H15F3N4O3S. The molecule has 1 aromatic carbocycles. The number of aliphatic hydroxyl groups is 1. The molecule has 0 fully saturated rings. The van der Waals surface area contributed by atoms with Gasteiger partial charge in [-0.25, -0.2) is 13.8 Å². The van der Waals surface area contributed by atoms with Crippen LogP contribution in [0.3, 0.4) is 0 Å². The summed E-state index contributed by atoms with van der Waals surface area (Å²) in [5.41, 5.74) is -2.50. The van der Waals surface area contributed by atoms with E-state index in [-0.39, 0.29) is 6.54 Å². The fourth-order valence-corrected chi connectivity index (χ4v) is 3.77. The molecule has 4 aromatic rings. The maximum absolute atomic E-state index is 13.2. The van der Waals surface area contributed by atoms with Gasteiger partial charge < -0.3 is 9.52 Å². The smallest absolute Gasteiger partial charge is 0.423 e. The van der Waals surface area contributed by atoms with E-state index in [1.165, 1.54) is 29.2 Å². The lowest BCUT2D eigenvalue weighted by Gasteiger charge is -2.26. The molecule has 3 heterocycles. The second-order valence-corrected chi connectivity index (χ2v) is 7.53. The predicted molar refractivity (Wildman–Crippen MR) is 103 cm³/mol. The van der Waals surface area contributed by atoms with Crippen LogP contribution in [0.2, 0.25) is 0 Å². The maximum Gasteiger partial charge on any atom is 0.423 e. The molecule has 0 radical (unpaired) electrons. The van der Waals surface area contributed by atoms with E-state index in [0.717, 1.165) is 11.1 Å². The number of benzene rings is 1. The highest BCUT2D eigenvalue weighted by Gasteiger charge is 2.55. The van der Waals surface area contributed by atoms with Gasteiger partial charge in [-0.05, 0) is 35.6 Å². The van der Waals surface area contributed by atoms with Crippen LogP contribution in [0.5, 0.6) is 0 Å². The highest BCUT2D eigenvalue weighted by Crippen LogP contribution is 2.40. The van der Waals surface area contributed by atoms with Crippen molar-refractivity contribution in [2.45, 2.75) is 31.7 Å². The highest BCUT2D eigenvalue weighted by atomic mass is 32.1. The van der Waals surface area contributed by atoms with Gasteiger partial charge >= 0.3 is 11.8 Å². The van der Waals surface area contributed by atoms with E-state index < -0.39 is 29.5 Å². The van der Waals surface area contributed by atoms with Crippen LogP contribution in [-0.2, 0) is 12.1 Å². The minimum absolute atomic E-state index is 0.0785. The molecule has 0 bridgehead atoms. The minimum atomic E-state index is -4.87. The van der Waals surface area contributed by atoms with E-state index >= 15 is 0 Å². The van der Waals surface area contributed by atoms with E-state index in [1.54, 1.807) is 30.5 Å². The summed E-state index contributed by atoms with van der Waals surface area (Å²) in [6.07, 6.45) is -2.76. The van der Waals surface area contributed by atoms with Crippen molar-refractivity contribution in [1.29, 1.82) is 0 Å². The van der Waals surface area contributed by atoms with Crippen molar-refractivity contribution in [1.82, 2.24) is 19.4 Å². The average Bonchev–Trinajstić information content (AvgIpc) is 3.38. The van der Waals surface area contributed by atoms with Gasteiger partial charge in [0.15, 0.2) is 0 Å². The summed E-state index contributed by atoms with van der Waals surface area (Å²) in [7, 11) is 0. The van der Waals surface area contributed by atoms with Crippen LogP contribution < -0.4 is 5.63 Å². The first kappa shape index (κ1) is 20.2. The highest BCUT2D eigenvalue weighted by molar-refractivity contribution is 7.09. The summed E-state index contributed by atoms with van der Waals surface area (Å²) in [6, 6.07) is 8.32. The van der Waals surface area contributed by atoms with E-state index in [2.05, 4.69) is 14.7 Å². The number of rotatable bonds is 5. The van der Waals surface area contributed by atoms with E-state index in [9.17, 15) is 23.1 Å². The van der Waals surface area contributed by atoms with Crippen molar-refractivity contribution in [3.63, 3.8) is 0 Å². The molecule has 0 spiro atoms. The Kier molecular flexibility index (Phi) is 4.94. The second-order valence-electron chi connectivity index (χ2n) is 6.70. The Morgan fingerprint density at radius 1 is 1.23 bits per heavy atom. The predicted octanol–water partition coefficient (Wildman–Crippen LogP) is 3.72. The molecular weight excluding hydrogens is 421 g/mol. The zero-order chi connectivity index (χ0) is 21.5. The Bertz CT molecular complexity index is 1250. The molecule has 11 heteroatoms. The number of nitrogens with zero attached hydrogens (tertiary/aromatic N) is 4. The molecule has 0 aliphatic heterocycles. The lowest BCUT2D eigenvalue weighted by atomic mass is 9.96. The van der Waals surface area contributed by atoms with Gasteiger partial charge in [-0.1, -0.05) is 24.3 Å². The Morgan fingerprint density at radius 2 is 2.03 bits per heavy atom. The molecule has 156 valence electrons. The Labute approximate surface area is 171 Å². The SMILES string of the molecule is CCC(O)(c1cn(Cc2ccc3c(-c4ccns4)cc(=O)oc3c2)nn1)C(F)(F)F. The van der Waals surface area contributed by atoms with Crippen LogP contribution in [0.25, 0.3) is 21.4 Å². The van der Waals surface area contributed by atoms with Crippen LogP contribution in [0.15, 0.2) is 51.9 Å². The molecule has 1 unspecified atom stereocenters. The number of halogens is 3. The monoisotopic (exact) mass is 436 g/mol. The fraction of sp³-hybridized carbons (Fsp3) is 0.263. The zero-order valence-electron chi connectivity index (χ0n) is 15.6. The molecule has 0 amide bonds. The summed E-state index contributed by atoms with van der Waals surface area (Å²) < 4.78 is 50.2. The number of fused-ring (bicyclic) bond motifs is 1. The van der Waals surface area contributed by atoms with Crippen molar-refractivity contribution < 1.29 is 22.7 Å². The van der Waals surface area contributed by atoms with Gasteiger partial charge in [0, 0.05) is 23.2 Å². The lowest BCUT2D eigenvalue weighted by molar-refractivity contribution is -0.269. The number of hydrogen-bond donors (Lipinski definition) is 1. The quantitative estimate of drug-likeness (QED) is 0.480. The summed E-state index contributed by atoms with van der Waals surface area (Å²) in [5, 5.41) is 17.9. The number of aromatic nitrogens is 4. The normalized spacial score (nSPS) is 14.2. The number of hydrogen-bond acceptors (Lipinski definition) is 7. The topological polar surface area (TPSA) is 94.0 Å². The summed E-state index contributed by atoms with van der Waals surface area (Å²) >= 11 is 1.25. The fourth-order valence-electron chi connectivity index (χ4n) is 3.14. The lowest BCUT2D eigenvalue weighted by Crippen LogP contribution is -2.42. The molecule has 0 saturated heterocycles. The molecule has 0 saturated carbocycles. The van der Waals surface area contributed by atoms with Gasteiger partial charge in [0.2, 0.25) is 5.60 Å². The van der Waals surface area contributed by atoms with E-state index in [0.29, 0.717) is 22.1 Å². The van der Waals surface area contributed by atoms with Crippen molar-refractivity contribution in [2.24, 2.45) is 0 Å². The molecule has 7 nitrogen and oxygen atoms in total. The average molecular weight is 436 g/mol. The van der Waals surface area contributed by atoms with Crippen LogP contribution >= 0.6 is 11.5 Å². The Hall–Kier alpha value is -3.05. The maximum atomic E-state index is 13.2. The van der Waals surface area contributed by atoms with Gasteiger partial charge in [0.05, 0.1) is 17.6 Å². The van der Waals surface area contributed by atoms with Crippen LogP contribution in [0.4, 0.5) is 13.2 Å². The third-order valence-electron chi connectivity index (χ3n) is 4.80. The number of alkyl halides is 3. The molecule has 1 N–H and O–H groups in total. The zero-order valence-corrected chi connectivity index (χ0v) is 16.4. The van der Waals surface area contributed by atoms with Crippen molar-refractivity contribution in [2.75, 3.05) is 0 Å². The van der Waals surface area contributed by atoms with Gasteiger partial charge in [0.1, 0.15) is 11.3 Å². The van der Waals surface area contributed by atoms with Gasteiger partial charge in [-0.3, -0.25) is 0 Å². The Morgan fingerprint density at radius 3 is 2.70 bits per heavy atom. The summed E-state index contributed by atoms with van der Waals surface area (Å²) in [6.45, 7) is 1.30. The van der Waals surface area contributed by atoms with Crippen molar-refractivity contribution >= 4 is 22.5 Å².